The lowest BCUT2D eigenvalue weighted by molar-refractivity contribution is -0.135. The first-order valence-corrected chi connectivity index (χ1v) is 9.87. The number of pyridine rings is 1. The largest absolute Gasteiger partial charge is 0.488 e. The number of hydrogen-bond acceptors (Lipinski definition) is 5. The molecule has 152 valence electrons. The summed E-state index contributed by atoms with van der Waals surface area (Å²) in [6.07, 6.45) is 4.66. The third-order valence-corrected chi connectivity index (χ3v) is 5.83. The van der Waals surface area contributed by atoms with Gasteiger partial charge >= 0.3 is 0 Å². The molecule has 1 aliphatic carbocycles. The SMILES string of the molecule is NC(=O)C1CCC(Oc2cn(C3CCC(=O)NC3=O)c(=O)c3ccccc23)CC1. The fraction of sp³-hybridized carbons (Fsp3) is 0.429. The molecule has 0 bridgehead atoms. The highest BCUT2D eigenvalue weighted by Gasteiger charge is 2.31. The van der Waals surface area contributed by atoms with Crippen molar-refractivity contribution in [1.82, 2.24) is 9.88 Å². The van der Waals surface area contributed by atoms with Gasteiger partial charge in [-0.15, -0.1) is 0 Å². The molecule has 2 heterocycles. The minimum absolute atomic E-state index is 0.0956. The van der Waals surface area contributed by atoms with E-state index in [1.54, 1.807) is 18.3 Å². The zero-order valence-corrected chi connectivity index (χ0v) is 15.9. The van der Waals surface area contributed by atoms with Crippen LogP contribution >= 0.6 is 0 Å². The average Bonchev–Trinajstić information content (AvgIpc) is 2.71. The summed E-state index contributed by atoms with van der Waals surface area (Å²) in [7, 11) is 0. The Morgan fingerprint density at radius 3 is 2.38 bits per heavy atom. The van der Waals surface area contributed by atoms with Gasteiger partial charge < -0.3 is 10.5 Å². The number of carbonyl (C=O) groups is 3. The van der Waals surface area contributed by atoms with Crippen molar-refractivity contribution < 1.29 is 19.1 Å². The molecule has 8 nitrogen and oxygen atoms in total. The van der Waals surface area contributed by atoms with Crippen LogP contribution in [0.4, 0.5) is 0 Å². The Kier molecular flexibility index (Phi) is 5.08. The fourth-order valence-corrected chi connectivity index (χ4v) is 4.20. The molecular weight excluding hydrogens is 374 g/mol. The van der Waals surface area contributed by atoms with Crippen LogP contribution in [-0.4, -0.2) is 28.4 Å². The molecule has 2 aliphatic rings. The number of benzene rings is 1. The number of primary amides is 1. The molecular formula is C21H23N3O5. The molecule has 3 amide bonds. The second-order valence-electron chi connectivity index (χ2n) is 7.71. The molecule has 1 saturated heterocycles. The quantitative estimate of drug-likeness (QED) is 0.756. The number of aromatic nitrogens is 1. The molecule has 1 saturated carbocycles. The van der Waals surface area contributed by atoms with Gasteiger partial charge in [0.1, 0.15) is 11.8 Å². The Hall–Kier alpha value is -3.16. The van der Waals surface area contributed by atoms with Gasteiger partial charge in [0.15, 0.2) is 0 Å². The number of ether oxygens (including phenoxy) is 1. The maximum absolute atomic E-state index is 13.0. The van der Waals surface area contributed by atoms with E-state index in [-0.39, 0.29) is 42.2 Å². The van der Waals surface area contributed by atoms with Crippen LogP contribution < -0.4 is 21.3 Å². The van der Waals surface area contributed by atoms with E-state index in [1.807, 2.05) is 12.1 Å². The van der Waals surface area contributed by atoms with Crippen LogP contribution in [0.15, 0.2) is 35.3 Å². The van der Waals surface area contributed by atoms with Crippen molar-refractivity contribution in [1.29, 1.82) is 0 Å². The van der Waals surface area contributed by atoms with Crippen molar-refractivity contribution in [3.05, 3.63) is 40.8 Å². The molecule has 1 aromatic carbocycles. The molecule has 0 radical (unpaired) electrons. The fourth-order valence-electron chi connectivity index (χ4n) is 4.20. The maximum atomic E-state index is 13.0. The topological polar surface area (TPSA) is 120 Å². The maximum Gasteiger partial charge on any atom is 0.259 e. The summed E-state index contributed by atoms with van der Waals surface area (Å²) < 4.78 is 7.60. The Morgan fingerprint density at radius 2 is 1.72 bits per heavy atom. The predicted molar refractivity (Wildman–Crippen MR) is 105 cm³/mol. The Balaban J connectivity index is 1.68. The Bertz CT molecular complexity index is 1040. The lowest BCUT2D eigenvalue weighted by atomic mass is 9.87. The molecule has 1 unspecified atom stereocenters. The van der Waals surface area contributed by atoms with E-state index in [4.69, 9.17) is 10.5 Å². The molecule has 1 atom stereocenters. The van der Waals surface area contributed by atoms with Crippen LogP contribution in [0.25, 0.3) is 10.8 Å². The zero-order chi connectivity index (χ0) is 20.5. The standard InChI is InChI=1S/C21H23N3O5/c22-19(26)12-5-7-13(8-6-12)29-17-11-24(16-9-10-18(25)23-20(16)27)21(28)15-4-2-1-3-14(15)17/h1-4,11-13,16H,5-10H2,(H2,22,26)(H,23,25,27). The summed E-state index contributed by atoms with van der Waals surface area (Å²) in [4.78, 5) is 48.2. The summed E-state index contributed by atoms with van der Waals surface area (Å²) in [5, 5.41) is 3.43. The monoisotopic (exact) mass is 397 g/mol. The van der Waals surface area contributed by atoms with Crippen LogP contribution in [0, 0.1) is 5.92 Å². The summed E-state index contributed by atoms with van der Waals surface area (Å²) in [6, 6.07) is 6.36. The number of nitrogens with zero attached hydrogens (tertiary/aromatic N) is 1. The van der Waals surface area contributed by atoms with Gasteiger partial charge in [-0.3, -0.25) is 29.1 Å². The molecule has 2 fully saturated rings. The van der Waals surface area contributed by atoms with Crippen molar-refractivity contribution in [3.8, 4) is 5.75 Å². The second kappa shape index (κ2) is 7.69. The van der Waals surface area contributed by atoms with Gasteiger partial charge in [-0.25, -0.2) is 0 Å². The summed E-state index contributed by atoms with van der Waals surface area (Å²) >= 11 is 0. The number of imide groups is 1. The van der Waals surface area contributed by atoms with Crippen molar-refractivity contribution in [2.24, 2.45) is 11.7 Å². The van der Waals surface area contributed by atoms with Gasteiger partial charge in [0, 0.05) is 17.7 Å². The van der Waals surface area contributed by atoms with Gasteiger partial charge in [0.2, 0.25) is 17.7 Å². The third kappa shape index (κ3) is 3.74. The number of fused-ring (bicyclic) bond motifs is 1. The third-order valence-electron chi connectivity index (χ3n) is 5.83. The van der Waals surface area contributed by atoms with Crippen molar-refractivity contribution in [2.75, 3.05) is 0 Å². The smallest absolute Gasteiger partial charge is 0.259 e. The first-order valence-electron chi connectivity index (χ1n) is 9.87. The van der Waals surface area contributed by atoms with Crippen LogP contribution in [0.2, 0.25) is 0 Å². The molecule has 8 heteroatoms. The van der Waals surface area contributed by atoms with Gasteiger partial charge in [-0.2, -0.15) is 0 Å². The van der Waals surface area contributed by atoms with E-state index in [0.717, 1.165) is 0 Å². The Morgan fingerprint density at radius 1 is 1.03 bits per heavy atom. The highest BCUT2D eigenvalue weighted by atomic mass is 16.5. The first-order chi connectivity index (χ1) is 13.9. The highest BCUT2D eigenvalue weighted by Crippen LogP contribution is 2.31. The number of amides is 3. The van der Waals surface area contributed by atoms with Gasteiger partial charge in [0.05, 0.1) is 17.7 Å². The van der Waals surface area contributed by atoms with Gasteiger partial charge in [-0.1, -0.05) is 18.2 Å². The van der Waals surface area contributed by atoms with Crippen molar-refractivity contribution in [2.45, 2.75) is 50.7 Å². The van der Waals surface area contributed by atoms with E-state index in [0.29, 0.717) is 42.2 Å². The van der Waals surface area contributed by atoms with E-state index in [1.165, 1.54) is 4.57 Å². The van der Waals surface area contributed by atoms with Crippen LogP contribution in [-0.2, 0) is 14.4 Å². The van der Waals surface area contributed by atoms with E-state index >= 15 is 0 Å². The van der Waals surface area contributed by atoms with Crippen LogP contribution in [0.3, 0.4) is 0 Å². The van der Waals surface area contributed by atoms with E-state index in [2.05, 4.69) is 5.32 Å². The number of rotatable bonds is 4. The number of carbonyl (C=O) groups excluding carboxylic acids is 3. The van der Waals surface area contributed by atoms with Crippen molar-refractivity contribution in [3.63, 3.8) is 0 Å². The number of nitrogens with one attached hydrogen (secondary N) is 1. The van der Waals surface area contributed by atoms with Crippen LogP contribution in [0.5, 0.6) is 5.75 Å². The van der Waals surface area contributed by atoms with Crippen LogP contribution in [0.1, 0.15) is 44.6 Å². The summed E-state index contributed by atoms with van der Waals surface area (Å²) in [6.45, 7) is 0. The lowest BCUT2D eigenvalue weighted by Gasteiger charge is -2.29. The molecule has 0 spiro atoms. The average molecular weight is 397 g/mol. The molecule has 1 aliphatic heterocycles. The summed E-state index contributed by atoms with van der Waals surface area (Å²) in [5.74, 6) is -0.689. The number of nitrogens with two attached hydrogens (primary N) is 1. The summed E-state index contributed by atoms with van der Waals surface area (Å²) in [5.41, 5.74) is 5.11. The number of piperidine rings is 1. The Labute approximate surface area is 167 Å². The molecule has 2 aromatic rings. The normalized spacial score (nSPS) is 24.9. The number of hydrogen-bond donors (Lipinski definition) is 2. The predicted octanol–water partition coefficient (Wildman–Crippen LogP) is 1.40. The van der Waals surface area contributed by atoms with Crippen molar-refractivity contribution >= 4 is 28.5 Å². The van der Waals surface area contributed by atoms with E-state index < -0.39 is 11.9 Å². The molecule has 1 aromatic heterocycles. The van der Waals surface area contributed by atoms with Gasteiger partial charge in [-0.05, 0) is 38.2 Å². The molecule has 29 heavy (non-hydrogen) atoms. The van der Waals surface area contributed by atoms with E-state index in [9.17, 15) is 19.2 Å². The second-order valence-corrected chi connectivity index (χ2v) is 7.71. The lowest BCUT2D eigenvalue weighted by Crippen LogP contribution is -2.44. The minimum Gasteiger partial charge on any atom is -0.488 e. The molecule has 4 rings (SSSR count). The zero-order valence-electron chi connectivity index (χ0n) is 15.9. The molecule has 3 N–H and O–H groups in total. The highest BCUT2D eigenvalue weighted by molar-refractivity contribution is 5.99. The first kappa shape index (κ1) is 19.2. The minimum atomic E-state index is -0.752. The van der Waals surface area contributed by atoms with Gasteiger partial charge in [0.25, 0.3) is 5.56 Å².